The van der Waals surface area contributed by atoms with E-state index in [1.54, 1.807) is 48.5 Å². The minimum absolute atomic E-state index is 0.191. The van der Waals surface area contributed by atoms with E-state index in [4.69, 9.17) is 4.74 Å². The Hall–Kier alpha value is -4.08. The van der Waals surface area contributed by atoms with Crippen molar-refractivity contribution in [3.8, 4) is 0 Å². The molecule has 1 N–H and O–H groups in total. The number of methoxy groups -OCH3 is 1. The molecule has 4 rings (SSSR count). The number of fused-ring (bicyclic) bond motifs is 1. The van der Waals surface area contributed by atoms with Crippen LogP contribution in [0.2, 0.25) is 0 Å². The van der Waals surface area contributed by atoms with E-state index in [0.29, 0.717) is 5.69 Å². The maximum atomic E-state index is 12.9. The number of amides is 3. The van der Waals surface area contributed by atoms with Gasteiger partial charge in [0.15, 0.2) is 12.1 Å². The number of anilines is 2. The highest BCUT2D eigenvalue weighted by atomic mass is 16.5. The highest BCUT2D eigenvalue weighted by Crippen LogP contribution is 2.31. The van der Waals surface area contributed by atoms with Crippen molar-refractivity contribution in [1.82, 2.24) is 5.01 Å². The first-order chi connectivity index (χ1) is 14.5. The number of imide groups is 1. The van der Waals surface area contributed by atoms with Crippen LogP contribution in [0, 0.1) is 0 Å². The summed E-state index contributed by atoms with van der Waals surface area (Å²) < 4.78 is 4.71. The fraction of sp³-hybridized carbons (Fsp3) is 0.200. The molecule has 2 aromatic carbocycles. The second-order valence-corrected chi connectivity index (χ2v) is 6.62. The maximum Gasteiger partial charge on any atom is 0.339 e. The lowest BCUT2D eigenvalue weighted by molar-refractivity contribution is -0.123. The van der Waals surface area contributed by atoms with Crippen LogP contribution < -0.4 is 10.2 Å². The first-order valence-electron chi connectivity index (χ1n) is 9.08. The third kappa shape index (κ3) is 3.28. The summed E-state index contributed by atoms with van der Waals surface area (Å²) in [4.78, 5) is 51.0. The molecule has 10 heteroatoms. The van der Waals surface area contributed by atoms with Gasteiger partial charge < -0.3 is 10.1 Å². The van der Waals surface area contributed by atoms with Crippen molar-refractivity contribution in [3.63, 3.8) is 0 Å². The predicted octanol–water partition coefficient (Wildman–Crippen LogP) is 1.41. The van der Waals surface area contributed by atoms with E-state index >= 15 is 0 Å². The molecule has 2 aliphatic heterocycles. The lowest BCUT2D eigenvalue weighted by Gasteiger charge is -2.20. The molecule has 1 saturated heterocycles. The average molecular weight is 407 g/mol. The van der Waals surface area contributed by atoms with Crippen LogP contribution in [-0.2, 0) is 19.1 Å². The standard InChI is InChI=1S/C20H17N5O5/c1-30-20(29)13-9-5-6-10-14(13)21-15(26)11-24-17-16(22-23-24)18(27)25(19(17)28)12-7-3-2-4-8-12/h2-10,16-17H,11H2,1H3,(H,21,26). The van der Waals surface area contributed by atoms with Crippen LogP contribution >= 0.6 is 0 Å². The lowest BCUT2D eigenvalue weighted by atomic mass is 10.1. The van der Waals surface area contributed by atoms with Crippen LogP contribution in [0.1, 0.15) is 10.4 Å². The Morgan fingerprint density at radius 3 is 2.47 bits per heavy atom. The molecule has 0 aromatic heterocycles. The molecule has 10 nitrogen and oxygen atoms in total. The van der Waals surface area contributed by atoms with Gasteiger partial charge >= 0.3 is 5.97 Å². The van der Waals surface area contributed by atoms with Gasteiger partial charge in [-0.25, -0.2) is 9.69 Å². The molecule has 152 valence electrons. The van der Waals surface area contributed by atoms with Crippen molar-refractivity contribution in [1.29, 1.82) is 0 Å². The predicted molar refractivity (Wildman–Crippen MR) is 104 cm³/mol. The van der Waals surface area contributed by atoms with Gasteiger partial charge in [-0.3, -0.25) is 19.4 Å². The zero-order valence-corrected chi connectivity index (χ0v) is 15.9. The summed E-state index contributed by atoms with van der Waals surface area (Å²) in [5.41, 5.74) is 0.895. The Labute approximate surface area is 171 Å². The summed E-state index contributed by atoms with van der Waals surface area (Å²) in [6, 6.07) is 12.9. The van der Waals surface area contributed by atoms with Crippen molar-refractivity contribution in [3.05, 3.63) is 60.2 Å². The van der Waals surface area contributed by atoms with E-state index in [0.717, 1.165) is 4.90 Å². The Kier molecular flexibility index (Phi) is 4.97. The molecule has 3 amide bonds. The molecule has 0 saturated carbocycles. The topological polar surface area (TPSA) is 121 Å². The van der Waals surface area contributed by atoms with Gasteiger partial charge in [-0.2, -0.15) is 5.11 Å². The van der Waals surface area contributed by atoms with Gasteiger partial charge in [0, 0.05) is 0 Å². The van der Waals surface area contributed by atoms with Crippen LogP contribution in [0.4, 0.5) is 11.4 Å². The van der Waals surface area contributed by atoms with E-state index in [-0.39, 0.29) is 17.8 Å². The van der Waals surface area contributed by atoms with E-state index in [2.05, 4.69) is 15.7 Å². The molecular weight excluding hydrogens is 390 g/mol. The Balaban J connectivity index is 1.49. The molecule has 0 bridgehead atoms. The summed E-state index contributed by atoms with van der Waals surface area (Å²) in [6.45, 7) is -0.318. The summed E-state index contributed by atoms with van der Waals surface area (Å²) in [5.74, 6) is -2.10. The lowest BCUT2D eigenvalue weighted by Crippen LogP contribution is -2.43. The van der Waals surface area contributed by atoms with Gasteiger partial charge in [-0.1, -0.05) is 35.6 Å². The Morgan fingerprint density at radius 1 is 1.03 bits per heavy atom. The number of hydrogen-bond donors (Lipinski definition) is 1. The molecule has 2 aliphatic rings. The zero-order chi connectivity index (χ0) is 21.3. The minimum atomic E-state index is -0.993. The number of hydrogen-bond acceptors (Lipinski definition) is 8. The van der Waals surface area contributed by atoms with Gasteiger partial charge in [0.05, 0.1) is 24.0 Å². The fourth-order valence-electron chi connectivity index (χ4n) is 3.40. The number of esters is 1. The Bertz CT molecular complexity index is 1050. The first-order valence-corrected chi connectivity index (χ1v) is 9.08. The van der Waals surface area contributed by atoms with Crippen LogP contribution in [0.3, 0.4) is 0 Å². The van der Waals surface area contributed by atoms with Gasteiger partial charge in [-0.15, -0.1) is 0 Å². The molecule has 2 heterocycles. The van der Waals surface area contributed by atoms with E-state index in [9.17, 15) is 19.2 Å². The van der Waals surface area contributed by atoms with E-state index in [1.807, 2.05) is 0 Å². The third-order valence-electron chi connectivity index (χ3n) is 4.78. The van der Waals surface area contributed by atoms with Gasteiger partial charge in [0.2, 0.25) is 5.91 Å². The van der Waals surface area contributed by atoms with Crippen molar-refractivity contribution in [2.45, 2.75) is 12.1 Å². The van der Waals surface area contributed by atoms with E-state index in [1.165, 1.54) is 18.2 Å². The van der Waals surface area contributed by atoms with Crippen molar-refractivity contribution in [2.24, 2.45) is 10.3 Å². The molecule has 0 aliphatic carbocycles. The summed E-state index contributed by atoms with van der Waals surface area (Å²) in [5, 5.41) is 11.5. The van der Waals surface area contributed by atoms with Crippen molar-refractivity contribution >= 4 is 35.1 Å². The number of para-hydroxylation sites is 2. The highest BCUT2D eigenvalue weighted by molar-refractivity contribution is 6.25. The second kappa shape index (κ2) is 7.74. The first kappa shape index (κ1) is 19.2. The number of nitrogens with one attached hydrogen (secondary N) is 1. The maximum absolute atomic E-state index is 12.9. The summed E-state index contributed by atoms with van der Waals surface area (Å²) >= 11 is 0. The molecule has 0 radical (unpaired) electrons. The van der Waals surface area contributed by atoms with Crippen LogP contribution in [0.15, 0.2) is 64.9 Å². The van der Waals surface area contributed by atoms with Crippen LogP contribution in [-0.4, -0.2) is 54.4 Å². The quantitative estimate of drug-likeness (QED) is 0.591. The monoisotopic (exact) mass is 407 g/mol. The van der Waals surface area contributed by atoms with Crippen LogP contribution in [0.5, 0.6) is 0 Å². The highest BCUT2D eigenvalue weighted by Gasteiger charge is 2.55. The zero-order valence-electron chi connectivity index (χ0n) is 15.9. The smallest absolute Gasteiger partial charge is 0.339 e. The van der Waals surface area contributed by atoms with Crippen LogP contribution in [0.25, 0.3) is 0 Å². The van der Waals surface area contributed by atoms with E-state index < -0.39 is 35.8 Å². The molecule has 1 fully saturated rings. The number of carbonyl (C=O) groups excluding carboxylic acids is 4. The number of rotatable bonds is 5. The SMILES string of the molecule is COC(=O)c1ccccc1NC(=O)CN1N=NC2C(=O)N(c3ccccc3)C(=O)C21. The summed E-state index contributed by atoms with van der Waals surface area (Å²) in [7, 11) is 1.24. The molecule has 30 heavy (non-hydrogen) atoms. The molecule has 2 unspecified atom stereocenters. The van der Waals surface area contributed by atoms with Crippen molar-refractivity contribution in [2.75, 3.05) is 23.9 Å². The second-order valence-electron chi connectivity index (χ2n) is 6.62. The normalized spacial score (nSPS) is 19.8. The molecular formula is C20H17N5O5. The third-order valence-corrected chi connectivity index (χ3v) is 4.78. The number of benzene rings is 2. The molecule has 2 atom stereocenters. The minimum Gasteiger partial charge on any atom is -0.465 e. The number of carbonyl (C=O) groups is 4. The molecule has 0 spiro atoms. The summed E-state index contributed by atoms with van der Waals surface area (Å²) in [6.07, 6.45) is 0. The molecule has 2 aromatic rings. The van der Waals surface area contributed by atoms with Gasteiger partial charge in [0.25, 0.3) is 11.8 Å². The Morgan fingerprint density at radius 2 is 1.73 bits per heavy atom. The van der Waals surface area contributed by atoms with Crippen molar-refractivity contribution < 1.29 is 23.9 Å². The van der Waals surface area contributed by atoms with Gasteiger partial charge in [-0.05, 0) is 24.3 Å². The largest absolute Gasteiger partial charge is 0.465 e. The number of ether oxygens (including phenoxy) is 1. The van der Waals surface area contributed by atoms with Gasteiger partial charge in [0.1, 0.15) is 6.54 Å². The number of nitrogens with zero attached hydrogens (tertiary/aromatic N) is 4. The fourth-order valence-corrected chi connectivity index (χ4v) is 3.40. The average Bonchev–Trinajstić information content (AvgIpc) is 3.28.